The number of aryl methyl sites for hydroxylation is 1. The van der Waals surface area contributed by atoms with Crippen LogP contribution in [0.3, 0.4) is 0 Å². The molecule has 5 nitrogen and oxygen atoms in total. The number of benzene rings is 2. The first kappa shape index (κ1) is 21.9. The quantitative estimate of drug-likeness (QED) is 0.584. The molecule has 1 atom stereocenters. The van der Waals surface area contributed by atoms with Crippen molar-refractivity contribution in [1.82, 2.24) is 4.57 Å². The summed E-state index contributed by atoms with van der Waals surface area (Å²) >= 11 is 0. The van der Waals surface area contributed by atoms with Crippen LogP contribution in [-0.2, 0) is 12.8 Å². The Morgan fingerprint density at radius 3 is 2.38 bits per heavy atom. The molecule has 1 unspecified atom stereocenters. The van der Waals surface area contributed by atoms with Crippen LogP contribution >= 0.6 is 0 Å². The monoisotopic (exact) mass is 431 g/mol. The van der Waals surface area contributed by atoms with Gasteiger partial charge in [-0.3, -0.25) is 4.79 Å². The highest BCUT2D eigenvalue weighted by Crippen LogP contribution is 2.45. The number of rotatable bonds is 4. The molecule has 1 aromatic heterocycles. The number of aromatic carboxylic acids is 1. The molecular weight excluding hydrogens is 402 g/mol. The Balaban J connectivity index is 1.96. The summed E-state index contributed by atoms with van der Waals surface area (Å²) in [6.45, 7) is 8.55. The first-order chi connectivity index (χ1) is 15.1. The number of hydrogen-bond acceptors (Lipinski definition) is 3. The number of carboxylic acids is 1. The van der Waals surface area contributed by atoms with Gasteiger partial charge in [-0.2, -0.15) is 0 Å². The van der Waals surface area contributed by atoms with Crippen LogP contribution in [-0.4, -0.2) is 22.8 Å². The molecule has 0 fully saturated rings. The summed E-state index contributed by atoms with van der Waals surface area (Å²) in [7, 11) is 1.65. The van der Waals surface area contributed by atoms with E-state index in [-0.39, 0.29) is 17.0 Å². The second kappa shape index (κ2) is 7.97. The van der Waals surface area contributed by atoms with Gasteiger partial charge in [0.15, 0.2) is 5.43 Å². The Morgan fingerprint density at radius 2 is 1.81 bits per heavy atom. The second-order valence-corrected chi connectivity index (χ2v) is 9.50. The molecule has 1 N–H and O–H groups in total. The maximum atomic E-state index is 12.6. The number of ether oxygens (including phenoxy) is 1. The van der Waals surface area contributed by atoms with E-state index in [1.807, 2.05) is 10.6 Å². The predicted octanol–water partition coefficient (Wildman–Crippen LogP) is 5.59. The van der Waals surface area contributed by atoms with E-state index in [1.165, 1.54) is 17.8 Å². The molecule has 0 amide bonds. The topological polar surface area (TPSA) is 68.5 Å². The molecule has 0 spiro atoms. The lowest BCUT2D eigenvalue weighted by molar-refractivity contribution is 0.0693. The van der Waals surface area contributed by atoms with E-state index in [1.54, 1.807) is 7.11 Å². The fraction of sp³-hybridized carbons (Fsp3) is 0.333. The van der Waals surface area contributed by atoms with Crippen molar-refractivity contribution in [2.24, 2.45) is 5.41 Å². The molecular formula is C27H29NO4. The van der Waals surface area contributed by atoms with Crippen LogP contribution in [0.15, 0.2) is 53.5 Å². The minimum atomic E-state index is -1.20. The van der Waals surface area contributed by atoms with Gasteiger partial charge in [-0.15, -0.1) is 0 Å². The lowest BCUT2D eigenvalue weighted by atomic mass is 9.78. The molecule has 32 heavy (non-hydrogen) atoms. The number of carboxylic acid groups (broad SMARTS) is 1. The first-order valence-corrected chi connectivity index (χ1v) is 10.9. The van der Waals surface area contributed by atoms with Gasteiger partial charge in [-0.05, 0) is 47.1 Å². The van der Waals surface area contributed by atoms with E-state index in [2.05, 4.69) is 58.0 Å². The van der Waals surface area contributed by atoms with Crippen molar-refractivity contribution in [2.45, 2.75) is 46.6 Å². The van der Waals surface area contributed by atoms with Crippen LogP contribution in [0, 0.1) is 5.41 Å². The smallest absolute Gasteiger partial charge is 0.341 e. The predicted molar refractivity (Wildman–Crippen MR) is 127 cm³/mol. The van der Waals surface area contributed by atoms with Gasteiger partial charge >= 0.3 is 5.97 Å². The van der Waals surface area contributed by atoms with Gasteiger partial charge in [0.2, 0.25) is 0 Å². The highest BCUT2D eigenvalue weighted by atomic mass is 16.5. The normalized spacial score (nSPS) is 15.1. The number of aromatic nitrogens is 1. The summed E-state index contributed by atoms with van der Waals surface area (Å²) in [5.41, 5.74) is 5.31. The minimum absolute atomic E-state index is 0.00686. The SMILES string of the molecule is CCc1ccc(-c2cc3c(cc2OC)-c2cc(=O)c(C(=O)O)cn2C(C(C)(C)C)C3)cc1. The number of methoxy groups -OCH3 is 1. The average Bonchev–Trinajstić information content (AvgIpc) is 2.76. The summed E-state index contributed by atoms with van der Waals surface area (Å²) in [4.78, 5) is 24.2. The highest BCUT2D eigenvalue weighted by molar-refractivity contribution is 5.88. The largest absolute Gasteiger partial charge is 0.496 e. The third kappa shape index (κ3) is 3.72. The van der Waals surface area contributed by atoms with Crippen molar-refractivity contribution >= 4 is 5.97 Å². The van der Waals surface area contributed by atoms with E-state index in [9.17, 15) is 14.7 Å². The number of nitrogens with zero attached hydrogens (tertiary/aromatic N) is 1. The molecule has 0 aliphatic carbocycles. The van der Waals surface area contributed by atoms with Gasteiger partial charge < -0.3 is 14.4 Å². The van der Waals surface area contributed by atoms with Gasteiger partial charge in [-0.25, -0.2) is 4.79 Å². The van der Waals surface area contributed by atoms with Gasteiger partial charge in [0.05, 0.1) is 12.8 Å². The van der Waals surface area contributed by atoms with Crippen molar-refractivity contribution < 1.29 is 14.6 Å². The van der Waals surface area contributed by atoms with Crippen molar-refractivity contribution in [1.29, 1.82) is 0 Å². The number of pyridine rings is 1. The van der Waals surface area contributed by atoms with Crippen molar-refractivity contribution in [3.05, 3.63) is 75.6 Å². The first-order valence-electron chi connectivity index (χ1n) is 10.9. The third-order valence-electron chi connectivity index (χ3n) is 6.43. The Bertz CT molecular complexity index is 1250. The zero-order chi connectivity index (χ0) is 23.2. The highest BCUT2D eigenvalue weighted by Gasteiger charge is 2.34. The molecule has 1 aliphatic heterocycles. The zero-order valence-electron chi connectivity index (χ0n) is 19.2. The summed E-state index contributed by atoms with van der Waals surface area (Å²) in [6.07, 6.45) is 3.22. The van der Waals surface area contributed by atoms with Crippen LogP contribution < -0.4 is 10.2 Å². The molecule has 3 aromatic rings. The van der Waals surface area contributed by atoms with Gasteiger partial charge in [0.1, 0.15) is 11.3 Å². The Labute approximate surface area is 188 Å². The lowest BCUT2D eigenvalue weighted by Crippen LogP contribution is -2.32. The molecule has 0 radical (unpaired) electrons. The second-order valence-electron chi connectivity index (χ2n) is 9.50. The van der Waals surface area contributed by atoms with Crippen molar-refractivity contribution in [2.75, 3.05) is 7.11 Å². The van der Waals surface area contributed by atoms with Crippen molar-refractivity contribution in [3.8, 4) is 28.1 Å². The van der Waals surface area contributed by atoms with Crippen LogP contribution in [0.1, 0.15) is 55.2 Å². The molecule has 5 heteroatoms. The summed E-state index contributed by atoms with van der Waals surface area (Å²) < 4.78 is 7.70. The standard InChI is InChI=1S/C27H29NO4/c1-6-16-7-9-17(10-8-16)20-11-18-12-25(27(2,3)4)28-15-21(26(30)31)23(29)14-22(28)19(18)13-24(20)32-5/h7-11,13-15,25H,6,12H2,1-5H3,(H,30,31). The fourth-order valence-electron chi connectivity index (χ4n) is 4.56. The third-order valence-corrected chi connectivity index (χ3v) is 6.43. The number of fused-ring (bicyclic) bond motifs is 3. The number of carbonyl (C=O) groups is 1. The summed E-state index contributed by atoms with van der Waals surface area (Å²) in [6, 6.07) is 14.1. The van der Waals surface area contributed by atoms with E-state index in [0.29, 0.717) is 0 Å². The molecule has 0 saturated carbocycles. The van der Waals surface area contributed by atoms with Gasteiger partial charge in [0.25, 0.3) is 0 Å². The lowest BCUT2D eigenvalue weighted by Gasteiger charge is -2.39. The Kier molecular flexibility index (Phi) is 5.45. The molecule has 0 bridgehead atoms. The summed E-state index contributed by atoms with van der Waals surface area (Å²) in [5.74, 6) is -0.476. The van der Waals surface area contributed by atoms with E-state index >= 15 is 0 Å². The van der Waals surface area contributed by atoms with Crippen LogP contribution in [0.5, 0.6) is 5.75 Å². The average molecular weight is 432 g/mol. The van der Waals surface area contributed by atoms with E-state index < -0.39 is 11.4 Å². The molecule has 2 aromatic carbocycles. The fourth-order valence-corrected chi connectivity index (χ4v) is 4.56. The van der Waals surface area contributed by atoms with E-state index in [4.69, 9.17) is 4.74 Å². The Morgan fingerprint density at radius 1 is 1.12 bits per heavy atom. The van der Waals surface area contributed by atoms with Crippen LogP contribution in [0.25, 0.3) is 22.4 Å². The van der Waals surface area contributed by atoms with Gasteiger partial charge in [0, 0.05) is 29.4 Å². The van der Waals surface area contributed by atoms with Crippen LogP contribution in [0.2, 0.25) is 0 Å². The summed E-state index contributed by atoms with van der Waals surface area (Å²) in [5, 5.41) is 9.50. The zero-order valence-corrected chi connectivity index (χ0v) is 19.2. The molecule has 2 heterocycles. The Hall–Kier alpha value is -3.34. The van der Waals surface area contributed by atoms with Crippen LogP contribution in [0.4, 0.5) is 0 Å². The van der Waals surface area contributed by atoms with Gasteiger partial charge in [-0.1, -0.05) is 52.0 Å². The molecule has 1 aliphatic rings. The molecule has 0 saturated heterocycles. The molecule has 166 valence electrons. The number of hydrogen-bond donors (Lipinski definition) is 1. The maximum Gasteiger partial charge on any atom is 0.341 e. The maximum absolute atomic E-state index is 12.6. The van der Waals surface area contributed by atoms with Crippen molar-refractivity contribution in [3.63, 3.8) is 0 Å². The minimum Gasteiger partial charge on any atom is -0.496 e. The van der Waals surface area contributed by atoms with E-state index in [0.717, 1.165) is 46.5 Å². The molecule has 4 rings (SSSR count).